The highest BCUT2D eigenvalue weighted by molar-refractivity contribution is 6.32. The van der Waals surface area contributed by atoms with Crippen molar-refractivity contribution in [3.63, 3.8) is 0 Å². The first-order valence-corrected chi connectivity index (χ1v) is 4.45. The summed E-state index contributed by atoms with van der Waals surface area (Å²) >= 11 is 5.73. The maximum Gasteiger partial charge on any atom is 0.309 e. The molecule has 1 heterocycles. The van der Waals surface area contributed by atoms with Crippen molar-refractivity contribution in [3.8, 4) is 0 Å². The Balaban J connectivity index is 3.15. The van der Waals surface area contributed by atoms with Crippen molar-refractivity contribution in [1.82, 2.24) is 4.98 Å². The molecule has 0 aromatic carbocycles. The largest absolute Gasteiger partial charge is 0.481 e. The van der Waals surface area contributed by atoms with Gasteiger partial charge in [0.25, 0.3) is 6.43 Å². The molecule has 0 unspecified atom stereocenters. The Morgan fingerprint density at radius 3 is 2.73 bits per heavy atom. The Labute approximate surface area is 89.7 Å². The van der Waals surface area contributed by atoms with Crippen LogP contribution < -0.4 is 0 Å². The number of nitrogens with zero attached hydrogens (tertiary/aromatic N) is 1. The summed E-state index contributed by atoms with van der Waals surface area (Å²) < 4.78 is 24.8. The molecular formula is C9H8ClF2NO2. The number of pyridine rings is 1. The minimum atomic E-state index is -2.66. The van der Waals surface area contributed by atoms with E-state index in [1.165, 1.54) is 6.92 Å². The molecule has 1 aromatic heterocycles. The first-order chi connectivity index (χ1) is 6.93. The second-order valence-corrected chi connectivity index (χ2v) is 3.35. The molecule has 0 saturated carbocycles. The molecule has 0 spiro atoms. The normalized spacial score (nSPS) is 10.7. The third-order valence-electron chi connectivity index (χ3n) is 1.93. The number of carbonyl (C=O) groups is 1. The smallest absolute Gasteiger partial charge is 0.309 e. The van der Waals surface area contributed by atoms with Gasteiger partial charge in [-0.15, -0.1) is 0 Å². The summed E-state index contributed by atoms with van der Waals surface area (Å²) in [6, 6.07) is 0. The number of alkyl halides is 2. The molecule has 0 fully saturated rings. The van der Waals surface area contributed by atoms with E-state index in [1.807, 2.05) is 0 Å². The predicted molar refractivity (Wildman–Crippen MR) is 50.3 cm³/mol. The van der Waals surface area contributed by atoms with Crippen molar-refractivity contribution in [2.24, 2.45) is 0 Å². The average Bonchev–Trinajstić information content (AvgIpc) is 2.12. The third kappa shape index (κ3) is 2.62. The van der Waals surface area contributed by atoms with Crippen LogP contribution >= 0.6 is 11.6 Å². The maximum absolute atomic E-state index is 12.4. The Morgan fingerprint density at radius 2 is 2.27 bits per heavy atom. The van der Waals surface area contributed by atoms with Crippen LogP contribution in [0.2, 0.25) is 5.02 Å². The summed E-state index contributed by atoms with van der Waals surface area (Å²) in [5, 5.41) is 8.51. The summed E-state index contributed by atoms with van der Waals surface area (Å²) in [4.78, 5) is 14.0. The van der Waals surface area contributed by atoms with E-state index in [-0.39, 0.29) is 28.3 Å². The highest BCUT2D eigenvalue weighted by Crippen LogP contribution is 2.28. The Morgan fingerprint density at radius 1 is 1.67 bits per heavy atom. The van der Waals surface area contributed by atoms with Gasteiger partial charge in [-0.2, -0.15) is 0 Å². The standard InChI is InChI=1S/C9H8ClF2NO2/c1-4-5(9(11)12)3-13-6(8(4)10)2-7(14)15/h3,9H,2H2,1H3,(H,14,15). The van der Waals surface area contributed by atoms with E-state index in [4.69, 9.17) is 16.7 Å². The summed E-state index contributed by atoms with van der Waals surface area (Å²) in [6.45, 7) is 1.41. The molecule has 0 radical (unpaired) electrons. The molecule has 0 aliphatic carbocycles. The third-order valence-corrected chi connectivity index (χ3v) is 2.43. The fourth-order valence-electron chi connectivity index (χ4n) is 1.13. The number of carboxylic acid groups (broad SMARTS) is 1. The molecule has 3 nitrogen and oxygen atoms in total. The van der Waals surface area contributed by atoms with Crippen molar-refractivity contribution in [2.45, 2.75) is 19.8 Å². The molecule has 0 aliphatic heterocycles. The van der Waals surface area contributed by atoms with Gasteiger partial charge in [0.05, 0.1) is 17.1 Å². The molecule has 1 rings (SSSR count). The van der Waals surface area contributed by atoms with Gasteiger partial charge in [-0.05, 0) is 12.5 Å². The number of carboxylic acids is 1. The Hall–Kier alpha value is -1.23. The lowest BCUT2D eigenvalue weighted by Crippen LogP contribution is -2.05. The molecule has 0 bridgehead atoms. The number of halogens is 3. The van der Waals surface area contributed by atoms with Crippen LogP contribution in [-0.4, -0.2) is 16.1 Å². The molecule has 6 heteroatoms. The zero-order valence-electron chi connectivity index (χ0n) is 7.80. The fraction of sp³-hybridized carbons (Fsp3) is 0.333. The lowest BCUT2D eigenvalue weighted by molar-refractivity contribution is -0.136. The minimum Gasteiger partial charge on any atom is -0.481 e. The van der Waals surface area contributed by atoms with Gasteiger partial charge in [0, 0.05) is 11.8 Å². The predicted octanol–water partition coefficient (Wildman–Crippen LogP) is 2.61. The van der Waals surface area contributed by atoms with Gasteiger partial charge in [0.15, 0.2) is 0 Å². The van der Waals surface area contributed by atoms with Gasteiger partial charge < -0.3 is 5.11 Å². The fourth-order valence-corrected chi connectivity index (χ4v) is 1.36. The average molecular weight is 236 g/mol. The number of aliphatic carboxylic acids is 1. The summed E-state index contributed by atoms with van der Waals surface area (Å²) in [7, 11) is 0. The van der Waals surface area contributed by atoms with Crippen LogP contribution in [0, 0.1) is 6.92 Å². The van der Waals surface area contributed by atoms with E-state index in [0.717, 1.165) is 6.20 Å². The number of hydrogen-bond donors (Lipinski definition) is 1. The van der Waals surface area contributed by atoms with Crippen LogP contribution in [-0.2, 0) is 11.2 Å². The highest BCUT2D eigenvalue weighted by atomic mass is 35.5. The monoisotopic (exact) mass is 235 g/mol. The van der Waals surface area contributed by atoms with Crippen LogP contribution in [0.3, 0.4) is 0 Å². The van der Waals surface area contributed by atoms with E-state index >= 15 is 0 Å². The summed E-state index contributed by atoms with van der Waals surface area (Å²) in [5.41, 5.74) is 0.0122. The molecule has 0 aliphatic rings. The summed E-state index contributed by atoms with van der Waals surface area (Å²) in [5.74, 6) is -1.10. The van der Waals surface area contributed by atoms with Crippen LogP contribution in [0.25, 0.3) is 0 Å². The number of hydrogen-bond acceptors (Lipinski definition) is 2. The SMILES string of the molecule is Cc1c(C(F)F)cnc(CC(=O)O)c1Cl. The molecule has 82 valence electrons. The van der Waals surface area contributed by atoms with Crippen molar-refractivity contribution in [2.75, 3.05) is 0 Å². The van der Waals surface area contributed by atoms with E-state index in [9.17, 15) is 13.6 Å². The van der Waals surface area contributed by atoms with Gasteiger partial charge in [-0.25, -0.2) is 8.78 Å². The Kier molecular flexibility index (Phi) is 3.57. The van der Waals surface area contributed by atoms with Crippen molar-refractivity contribution in [1.29, 1.82) is 0 Å². The van der Waals surface area contributed by atoms with E-state index < -0.39 is 12.4 Å². The van der Waals surface area contributed by atoms with Gasteiger partial charge in [0.2, 0.25) is 0 Å². The van der Waals surface area contributed by atoms with Gasteiger partial charge in [-0.1, -0.05) is 11.6 Å². The lowest BCUT2D eigenvalue weighted by Gasteiger charge is -2.08. The zero-order chi connectivity index (χ0) is 11.6. The Bertz CT molecular complexity index is 396. The highest BCUT2D eigenvalue weighted by Gasteiger charge is 2.17. The first kappa shape index (κ1) is 11.8. The molecule has 0 saturated heterocycles. The number of aromatic nitrogens is 1. The molecule has 0 atom stereocenters. The summed E-state index contributed by atoms with van der Waals surface area (Å²) in [6.07, 6.45) is -2.07. The minimum absolute atomic E-state index is 0.00444. The number of rotatable bonds is 3. The second-order valence-electron chi connectivity index (χ2n) is 2.97. The van der Waals surface area contributed by atoms with Crippen LogP contribution in [0.1, 0.15) is 23.2 Å². The van der Waals surface area contributed by atoms with Crippen molar-refractivity contribution in [3.05, 3.63) is 28.0 Å². The first-order valence-electron chi connectivity index (χ1n) is 4.07. The maximum atomic E-state index is 12.4. The molecule has 1 aromatic rings. The molecular weight excluding hydrogens is 228 g/mol. The van der Waals surface area contributed by atoms with Crippen LogP contribution in [0.5, 0.6) is 0 Å². The lowest BCUT2D eigenvalue weighted by atomic mass is 10.1. The van der Waals surface area contributed by atoms with E-state index in [2.05, 4.69) is 4.98 Å². The van der Waals surface area contributed by atoms with E-state index in [0.29, 0.717) is 0 Å². The molecule has 0 amide bonds. The van der Waals surface area contributed by atoms with Gasteiger partial charge in [-0.3, -0.25) is 9.78 Å². The van der Waals surface area contributed by atoms with Crippen molar-refractivity contribution < 1.29 is 18.7 Å². The second kappa shape index (κ2) is 4.53. The van der Waals surface area contributed by atoms with Gasteiger partial charge in [0.1, 0.15) is 0 Å². The topological polar surface area (TPSA) is 50.2 Å². The van der Waals surface area contributed by atoms with Crippen molar-refractivity contribution >= 4 is 17.6 Å². The van der Waals surface area contributed by atoms with Crippen LogP contribution in [0.15, 0.2) is 6.20 Å². The van der Waals surface area contributed by atoms with E-state index in [1.54, 1.807) is 0 Å². The molecule has 1 N–H and O–H groups in total. The molecule has 15 heavy (non-hydrogen) atoms. The zero-order valence-corrected chi connectivity index (χ0v) is 8.55. The van der Waals surface area contributed by atoms with Crippen LogP contribution in [0.4, 0.5) is 8.78 Å². The quantitative estimate of drug-likeness (QED) is 0.876. The van der Waals surface area contributed by atoms with Gasteiger partial charge >= 0.3 is 5.97 Å².